The van der Waals surface area contributed by atoms with E-state index in [0.717, 1.165) is 16.8 Å². The zero-order valence-electron chi connectivity index (χ0n) is 11.3. The first-order valence-electron chi connectivity index (χ1n) is 6.10. The average Bonchev–Trinajstić information content (AvgIpc) is 2.43. The number of benzene rings is 2. The summed E-state index contributed by atoms with van der Waals surface area (Å²) < 4.78 is 0. The van der Waals surface area contributed by atoms with Crippen molar-refractivity contribution in [2.24, 2.45) is 5.84 Å². The first kappa shape index (κ1) is 13.8. The van der Waals surface area contributed by atoms with E-state index in [4.69, 9.17) is 5.84 Å². The molecule has 104 valence electrons. The highest BCUT2D eigenvalue weighted by Gasteiger charge is 2.10. The monoisotopic (exact) mass is 272 g/mol. The Labute approximate surface area is 116 Å². The highest BCUT2D eigenvalue weighted by atomic mass is 16.6. The number of nitrogens with two attached hydrogens (primary N) is 1. The molecule has 0 spiro atoms. The van der Waals surface area contributed by atoms with Crippen LogP contribution in [0.3, 0.4) is 0 Å². The first-order valence-corrected chi connectivity index (χ1v) is 6.10. The van der Waals surface area contributed by atoms with Crippen molar-refractivity contribution in [3.8, 4) is 0 Å². The second kappa shape index (κ2) is 5.58. The van der Waals surface area contributed by atoms with Crippen LogP contribution in [0.5, 0.6) is 0 Å². The van der Waals surface area contributed by atoms with Gasteiger partial charge in [-0.05, 0) is 37.1 Å². The fourth-order valence-electron chi connectivity index (χ4n) is 1.91. The second-order valence-electron chi connectivity index (χ2n) is 4.54. The largest absolute Gasteiger partial charge is 0.355 e. The van der Waals surface area contributed by atoms with Gasteiger partial charge in [0, 0.05) is 23.5 Å². The Hall–Kier alpha value is -2.60. The molecule has 0 saturated heterocycles. The minimum atomic E-state index is -0.449. The molecule has 0 fully saturated rings. The van der Waals surface area contributed by atoms with Gasteiger partial charge in [0.25, 0.3) is 5.69 Å². The molecule has 2 rings (SSSR count). The maximum Gasteiger partial charge on any atom is 0.273 e. The van der Waals surface area contributed by atoms with Crippen LogP contribution in [0.25, 0.3) is 0 Å². The number of non-ortho nitro benzene ring substituents is 1. The number of nitro benzene ring substituents is 1. The zero-order chi connectivity index (χ0) is 14.7. The van der Waals surface area contributed by atoms with E-state index < -0.39 is 4.92 Å². The molecule has 6 heteroatoms. The van der Waals surface area contributed by atoms with E-state index in [9.17, 15) is 10.1 Å². The number of hydrogen-bond acceptors (Lipinski definition) is 5. The molecule has 20 heavy (non-hydrogen) atoms. The van der Waals surface area contributed by atoms with Crippen LogP contribution < -0.4 is 16.6 Å². The van der Waals surface area contributed by atoms with E-state index in [1.54, 1.807) is 6.07 Å². The number of nitrogens with one attached hydrogen (secondary N) is 2. The third-order valence-electron chi connectivity index (χ3n) is 3.18. The molecule has 6 nitrogen and oxygen atoms in total. The molecule has 0 amide bonds. The van der Waals surface area contributed by atoms with Crippen molar-refractivity contribution < 1.29 is 4.92 Å². The summed E-state index contributed by atoms with van der Waals surface area (Å²) in [5.74, 6) is 5.33. The van der Waals surface area contributed by atoms with Crippen LogP contribution in [0.15, 0.2) is 36.4 Å². The highest BCUT2D eigenvalue weighted by Crippen LogP contribution is 2.28. The van der Waals surface area contributed by atoms with Crippen molar-refractivity contribution in [3.63, 3.8) is 0 Å². The smallest absolute Gasteiger partial charge is 0.273 e. The van der Waals surface area contributed by atoms with Gasteiger partial charge in [0.15, 0.2) is 0 Å². The molecular weight excluding hydrogens is 256 g/mol. The molecule has 2 aromatic carbocycles. The summed E-state index contributed by atoms with van der Waals surface area (Å²) in [4.78, 5) is 10.5. The van der Waals surface area contributed by atoms with Gasteiger partial charge in [-0.1, -0.05) is 12.1 Å². The number of nitrogen functional groups attached to an aromatic ring is 1. The van der Waals surface area contributed by atoms with Gasteiger partial charge in [-0.15, -0.1) is 0 Å². The second-order valence-corrected chi connectivity index (χ2v) is 4.54. The molecule has 4 N–H and O–H groups in total. The maximum absolute atomic E-state index is 10.9. The number of hydrogen-bond donors (Lipinski definition) is 3. The Morgan fingerprint density at radius 2 is 1.85 bits per heavy atom. The molecule has 0 heterocycles. The van der Waals surface area contributed by atoms with Crippen molar-refractivity contribution in [1.29, 1.82) is 0 Å². The highest BCUT2D eigenvalue weighted by molar-refractivity contribution is 5.70. The van der Waals surface area contributed by atoms with Crippen LogP contribution in [0.4, 0.5) is 22.7 Å². The van der Waals surface area contributed by atoms with Crippen molar-refractivity contribution in [1.82, 2.24) is 0 Å². The fraction of sp³-hybridized carbons (Fsp3) is 0.143. The number of hydrazine groups is 1. The summed E-state index contributed by atoms with van der Waals surface area (Å²) in [6.45, 7) is 4.01. The minimum Gasteiger partial charge on any atom is -0.355 e. The number of anilines is 3. The van der Waals surface area contributed by atoms with Crippen molar-refractivity contribution in [3.05, 3.63) is 57.6 Å². The van der Waals surface area contributed by atoms with Crippen LogP contribution >= 0.6 is 0 Å². The Morgan fingerprint density at radius 3 is 2.50 bits per heavy atom. The molecule has 0 atom stereocenters. The molecule has 0 radical (unpaired) electrons. The quantitative estimate of drug-likeness (QED) is 0.451. The van der Waals surface area contributed by atoms with Crippen molar-refractivity contribution in [2.45, 2.75) is 13.8 Å². The summed E-state index contributed by atoms with van der Waals surface area (Å²) in [7, 11) is 0. The van der Waals surface area contributed by atoms with Crippen LogP contribution in [-0.4, -0.2) is 4.92 Å². The summed E-state index contributed by atoms with van der Waals surface area (Å²) in [6.07, 6.45) is 0. The topological polar surface area (TPSA) is 93.2 Å². The van der Waals surface area contributed by atoms with Gasteiger partial charge in [-0.3, -0.25) is 16.0 Å². The van der Waals surface area contributed by atoms with Gasteiger partial charge in [0.05, 0.1) is 10.6 Å². The van der Waals surface area contributed by atoms with Crippen LogP contribution in [0.2, 0.25) is 0 Å². The lowest BCUT2D eigenvalue weighted by atomic mass is 10.1. The van der Waals surface area contributed by atoms with Gasteiger partial charge in [-0.2, -0.15) is 0 Å². The van der Waals surface area contributed by atoms with Gasteiger partial charge < -0.3 is 10.7 Å². The summed E-state index contributed by atoms with van der Waals surface area (Å²) in [5, 5.41) is 14.1. The molecule has 0 aliphatic rings. The van der Waals surface area contributed by atoms with Crippen LogP contribution in [-0.2, 0) is 0 Å². The lowest BCUT2D eigenvalue weighted by Gasteiger charge is -2.12. The van der Waals surface area contributed by atoms with Gasteiger partial charge in [0.1, 0.15) is 0 Å². The third kappa shape index (κ3) is 2.86. The van der Waals surface area contributed by atoms with E-state index >= 15 is 0 Å². The predicted octanol–water partition coefficient (Wildman–Crippen LogP) is 3.24. The summed E-state index contributed by atoms with van der Waals surface area (Å²) in [6, 6.07) is 10.5. The number of rotatable bonds is 4. The standard InChI is InChI=1S/C14H16N4O2/c1-9-4-3-5-14(10(9)2)16-11-6-12(17-15)8-13(7-11)18(19)20/h3-8,16-17H,15H2,1-2H3. The van der Waals surface area contributed by atoms with E-state index in [1.807, 2.05) is 32.0 Å². The van der Waals surface area contributed by atoms with Crippen molar-refractivity contribution >= 4 is 22.7 Å². The van der Waals surface area contributed by atoms with Gasteiger partial charge in [0.2, 0.25) is 0 Å². The predicted molar refractivity (Wildman–Crippen MR) is 80.1 cm³/mol. The Balaban J connectivity index is 2.40. The molecule has 0 aromatic heterocycles. The van der Waals surface area contributed by atoms with Crippen LogP contribution in [0.1, 0.15) is 11.1 Å². The Morgan fingerprint density at radius 1 is 1.15 bits per heavy atom. The lowest BCUT2D eigenvalue weighted by molar-refractivity contribution is -0.384. The lowest BCUT2D eigenvalue weighted by Crippen LogP contribution is -2.07. The number of nitro groups is 1. The maximum atomic E-state index is 10.9. The molecule has 0 aliphatic carbocycles. The Kier molecular flexibility index (Phi) is 3.86. The first-order chi connectivity index (χ1) is 9.51. The molecule has 0 aliphatic heterocycles. The minimum absolute atomic E-state index is 0.0201. The number of nitrogens with zero attached hydrogens (tertiary/aromatic N) is 1. The molecular formula is C14H16N4O2. The summed E-state index contributed by atoms with van der Waals surface area (Å²) in [5.41, 5.74) is 6.66. The van der Waals surface area contributed by atoms with Gasteiger partial charge in [-0.25, -0.2) is 0 Å². The van der Waals surface area contributed by atoms with Crippen molar-refractivity contribution in [2.75, 3.05) is 10.7 Å². The van der Waals surface area contributed by atoms with Crippen LogP contribution in [0, 0.1) is 24.0 Å². The SMILES string of the molecule is Cc1cccc(Nc2cc(NN)cc([N+](=O)[O-])c2)c1C. The van der Waals surface area contributed by atoms with E-state index in [1.165, 1.54) is 12.1 Å². The van der Waals surface area contributed by atoms with Gasteiger partial charge >= 0.3 is 0 Å². The molecule has 2 aromatic rings. The molecule has 0 unspecified atom stereocenters. The normalized spacial score (nSPS) is 10.2. The van der Waals surface area contributed by atoms with E-state index in [0.29, 0.717) is 11.4 Å². The zero-order valence-corrected chi connectivity index (χ0v) is 11.3. The molecule has 0 bridgehead atoms. The third-order valence-corrected chi connectivity index (χ3v) is 3.18. The summed E-state index contributed by atoms with van der Waals surface area (Å²) >= 11 is 0. The average molecular weight is 272 g/mol. The number of aryl methyl sites for hydroxylation is 1. The van der Waals surface area contributed by atoms with E-state index in [2.05, 4.69) is 10.7 Å². The molecule has 0 saturated carbocycles. The fourth-order valence-corrected chi connectivity index (χ4v) is 1.91. The Bertz CT molecular complexity index is 656. The van der Waals surface area contributed by atoms with E-state index in [-0.39, 0.29) is 5.69 Å².